The molecule has 0 aromatic heterocycles. The van der Waals surface area contributed by atoms with Gasteiger partial charge in [0, 0.05) is 6.54 Å². The Bertz CT molecular complexity index is 383. The number of aliphatic hydroxyl groups excluding tert-OH is 2. The maximum atomic E-state index is 10.7. The minimum Gasteiger partial charge on any atom is -0.478 e. The number of aromatic carboxylic acids is 1. The average molecular weight is 246 g/mol. The van der Waals surface area contributed by atoms with Crippen molar-refractivity contribution in [1.82, 2.24) is 0 Å². The Kier molecular flexibility index (Phi) is 4.54. The molecule has 0 aliphatic rings. The molecule has 0 heterocycles. The van der Waals surface area contributed by atoms with Crippen molar-refractivity contribution in [3.05, 3.63) is 28.8 Å². The van der Waals surface area contributed by atoms with Crippen molar-refractivity contribution >= 4 is 23.3 Å². The van der Waals surface area contributed by atoms with Crippen LogP contribution in [0.3, 0.4) is 0 Å². The van der Waals surface area contributed by atoms with E-state index in [0.29, 0.717) is 10.7 Å². The maximum absolute atomic E-state index is 10.7. The quantitative estimate of drug-likeness (QED) is 0.616. The maximum Gasteiger partial charge on any atom is 0.335 e. The number of carboxylic acid groups (broad SMARTS) is 1. The van der Waals surface area contributed by atoms with E-state index in [0.717, 1.165) is 0 Å². The summed E-state index contributed by atoms with van der Waals surface area (Å²) in [5.74, 6) is -1.05. The van der Waals surface area contributed by atoms with E-state index in [1.807, 2.05) is 0 Å². The molecule has 0 saturated heterocycles. The minimum absolute atomic E-state index is 0.0965. The molecule has 4 N–H and O–H groups in total. The number of nitrogens with one attached hydrogen (secondary N) is 1. The lowest BCUT2D eigenvalue weighted by Crippen LogP contribution is -2.23. The topological polar surface area (TPSA) is 89.8 Å². The zero-order valence-electron chi connectivity index (χ0n) is 8.35. The molecule has 88 valence electrons. The fraction of sp³-hybridized carbons (Fsp3) is 0.300. The predicted octanol–water partition coefficient (Wildman–Crippen LogP) is 0.803. The second kappa shape index (κ2) is 5.69. The number of hydrogen-bond donors (Lipinski definition) is 4. The van der Waals surface area contributed by atoms with Crippen molar-refractivity contribution in [2.24, 2.45) is 0 Å². The van der Waals surface area contributed by atoms with Gasteiger partial charge in [-0.05, 0) is 18.2 Å². The van der Waals surface area contributed by atoms with E-state index in [4.69, 9.17) is 26.9 Å². The summed E-state index contributed by atoms with van der Waals surface area (Å²) in [6.45, 7) is -0.275. The van der Waals surface area contributed by atoms with E-state index >= 15 is 0 Å². The Balaban J connectivity index is 2.78. The SMILES string of the molecule is O=C(O)c1ccc(Cl)c(NCC(O)CO)c1. The highest BCUT2D eigenvalue weighted by Gasteiger charge is 2.08. The summed E-state index contributed by atoms with van der Waals surface area (Å²) in [5.41, 5.74) is 0.513. The lowest BCUT2D eigenvalue weighted by Gasteiger charge is -2.12. The zero-order chi connectivity index (χ0) is 12.1. The summed E-state index contributed by atoms with van der Waals surface area (Å²) in [4.78, 5) is 10.7. The van der Waals surface area contributed by atoms with Crippen LogP contribution in [0, 0.1) is 0 Å². The summed E-state index contributed by atoms with van der Waals surface area (Å²) in [6.07, 6.45) is -0.912. The number of carboxylic acids is 1. The second-order valence-corrected chi connectivity index (χ2v) is 3.62. The summed E-state index contributed by atoms with van der Waals surface area (Å²) in [5, 5.41) is 29.6. The first-order chi connectivity index (χ1) is 7.54. The van der Waals surface area contributed by atoms with Gasteiger partial charge in [0.2, 0.25) is 0 Å². The van der Waals surface area contributed by atoms with Gasteiger partial charge in [0.05, 0.1) is 29.0 Å². The number of benzene rings is 1. The van der Waals surface area contributed by atoms with Crippen molar-refractivity contribution in [2.75, 3.05) is 18.5 Å². The zero-order valence-corrected chi connectivity index (χ0v) is 9.11. The molecule has 0 saturated carbocycles. The first-order valence-electron chi connectivity index (χ1n) is 4.60. The molecule has 1 aromatic carbocycles. The highest BCUT2D eigenvalue weighted by Crippen LogP contribution is 2.22. The van der Waals surface area contributed by atoms with Crippen molar-refractivity contribution in [2.45, 2.75) is 6.10 Å². The van der Waals surface area contributed by atoms with Crippen LogP contribution in [0.2, 0.25) is 5.02 Å². The highest BCUT2D eigenvalue weighted by molar-refractivity contribution is 6.33. The van der Waals surface area contributed by atoms with Gasteiger partial charge in [-0.2, -0.15) is 0 Å². The van der Waals surface area contributed by atoms with Crippen molar-refractivity contribution in [1.29, 1.82) is 0 Å². The van der Waals surface area contributed by atoms with Crippen LogP contribution >= 0.6 is 11.6 Å². The summed E-state index contributed by atoms with van der Waals surface area (Å²) < 4.78 is 0. The molecule has 1 atom stereocenters. The molecule has 0 bridgehead atoms. The van der Waals surface area contributed by atoms with Crippen LogP contribution in [0.15, 0.2) is 18.2 Å². The minimum atomic E-state index is -1.05. The normalized spacial score (nSPS) is 12.2. The van der Waals surface area contributed by atoms with Crippen LogP contribution in [0.1, 0.15) is 10.4 Å². The number of anilines is 1. The van der Waals surface area contributed by atoms with Crippen molar-refractivity contribution < 1.29 is 20.1 Å². The van der Waals surface area contributed by atoms with Crippen LogP contribution in [0.4, 0.5) is 5.69 Å². The molecule has 0 spiro atoms. The standard InChI is InChI=1S/C10H12ClNO4/c11-8-2-1-6(10(15)16)3-9(8)12-4-7(14)5-13/h1-3,7,12-14H,4-5H2,(H,15,16). The van der Waals surface area contributed by atoms with Crippen LogP contribution in [0.25, 0.3) is 0 Å². The molecule has 5 nitrogen and oxygen atoms in total. The average Bonchev–Trinajstić information content (AvgIpc) is 2.27. The summed E-state index contributed by atoms with van der Waals surface area (Å²) in [6, 6.07) is 4.21. The fourth-order valence-corrected chi connectivity index (χ4v) is 1.27. The van der Waals surface area contributed by atoms with Gasteiger partial charge in [0.15, 0.2) is 0 Å². The molecule has 0 aliphatic heterocycles. The van der Waals surface area contributed by atoms with Gasteiger partial charge < -0.3 is 20.6 Å². The van der Waals surface area contributed by atoms with Gasteiger partial charge in [0.1, 0.15) is 0 Å². The smallest absolute Gasteiger partial charge is 0.335 e. The molecular formula is C10H12ClNO4. The lowest BCUT2D eigenvalue weighted by atomic mass is 10.2. The second-order valence-electron chi connectivity index (χ2n) is 3.22. The number of halogens is 1. The Labute approximate surface area is 97.3 Å². The van der Waals surface area contributed by atoms with Gasteiger partial charge >= 0.3 is 5.97 Å². The molecule has 0 aliphatic carbocycles. The number of rotatable bonds is 5. The Hall–Kier alpha value is -1.30. The molecule has 1 unspecified atom stereocenters. The van der Waals surface area contributed by atoms with E-state index < -0.39 is 12.1 Å². The Morgan fingerprint density at radius 1 is 1.50 bits per heavy atom. The van der Waals surface area contributed by atoms with Gasteiger partial charge in [-0.25, -0.2) is 4.79 Å². The first-order valence-corrected chi connectivity index (χ1v) is 4.98. The fourth-order valence-electron chi connectivity index (χ4n) is 1.09. The Morgan fingerprint density at radius 3 is 2.75 bits per heavy atom. The lowest BCUT2D eigenvalue weighted by molar-refractivity contribution is 0.0697. The van der Waals surface area contributed by atoms with Crippen molar-refractivity contribution in [3.8, 4) is 0 Å². The van der Waals surface area contributed by atoms with Gasteiger partial charge in [-0.3, -0.25) is 0 Å². The van der Waals surface area contributed by atoms with E-state index in [2.05, 4.69) is 5.32 Å². The number of aliphatic hydroxyl groups is 2. The molecule has 1 rings (SSSR count). The molecule has 0 fully saturated rings. The largest absolute Gasteiger partial charge is 0.478 e. The van der Waals surface area contributed by atoms with Crippen LogP contribution in [-0.4, -0.2) is 40.5 Å². The van der Waals surface area contributed by atoms with Crippen LogP contribution < -0.4 is 5.32 Å². The van der Waals surface area contributed by atoms with Gasteiger partial charge in [0.25, 0.3) is 0 Å². The molecule has 1 aromatic rings. The molecule has 6 heteroatoms. The van der Waals surface area contributed by atoms with E-state index in [-0.39, 0.29) is 18.7 Å². The van der Waals surface area contributed by atoms with E-state index in [1.165, 1.54) is 18.2 Å². The monoisotopic (exact) mass is 245 g/mol. The summed E-state index contributed by atoms with van der Waals surface area (Å²) >= 11 is 5.83. The third-order valence-electron chi connectivity index (χ3n) is 1.95. The first kappa shape index (κ1) is 12.8. The molecule has 0 amide bonds. The molecule has 0 radical (unpaired) electrons. The number of hydrogen-bond acceptors (Lipinski definition) is 4. The van der Waals surface area contributed by atoms with Crippen LogP contribution in [-0.2, 0) is 0 Å². The van der Waals surface area contributed by atoms with Crippen molar-refractivity contribution in [3.63, 3.8) is 0 Å². The molecular weight excluding hydrogens is 234 g/mol. The van der Waals surface area contributed by atoms with E-state index in [9.17, 15) is 4.79 Å². The third-order valence-corrected chi connectivity index (χ3v) is 2.28. The molecule has 16 heavy (non-hydrogen) atoms. The Morgan fingerprint density at radius 2 is 2.19 bits per heavy atom. The summed E-state index contributed by atoms with van der Waals surface area (Å²) in [7, 11) is 0. The van der Waals surface area contributed by atoms with Crippen LogP contribution in [0.5, 0.6) is 0 Å². The predicted molar refractivity (Wildman–Crippen MR) is 60.0 cm³/mol. The third kappa shape index (κ3) is 3.37. The number of carbonyl (C=O) groups is 1. The van der Waals surface area contributed by atoms with E-state index in [1.54, 1.807) is 0 Å². The van der Waals surface area contributed by atoms with Gasteiger partial charge in [-0.15, -0.1) is 0 Å². The highest BCUT2D eigenvalue weighted by atomic mass is 35.5. The van der Waals surface area contributed by atoms with Gasteiger partial charge in [-0.1, -0.05) is 11.6 Å².